The van der Waals surface area contributed by atoms with Gasteiger partial charge in [-0.15, -0.1) is 0 Å². The molecule has 0 fully saturated rings. The quantitative estimate of drug-likeness (QED) is 0.777. The summed E-state index contributed by atoms with van der Waals surface area (Å²) >= 11 is 12.0. The zero-order valence-corrected chi connectivity index (χ0v) is 12.0. The van der Waals surface area contributed by atoms with Crippen molar-refractivity contribution in [3.63, 3.8) is 0 Å². The lowest BCUT2D eigenvalue weighted by Crippen LogP contribution is -2.03. The molecule has 0 saturated carbocycles. The first kappa shape index (κ1) is 13.9. The summed E-state index contributed by atoms with van der Waals surface area (Å²) in [6.07, 6.45) is 0. The van der Waals surface area contributed by atoms with Crippen molar-refractivity contribution in [1.29, 1.82) is 0 Å². The number of ether oxygens (including phenoxy) is 1. The van der Waals surface area contributed by atoms with Gasteiger partial charge in [-0.05, 0) is 48.9 Å². The molecule has 19 heavy (non-hydrogen) atoms. The Morgan fingerprint density at radius 3 is 2.37 bits per heavy atom. The molecule has 0 spiro atoms. The van der Waals surface area contributed by atoms with Gasteiger partial charge in [0.15, 0.2) is 5.78 Å². The van der Waals surface area contributed by atoms with Gasteiger partial charge in [-0.2, -0.15) is 0 Å². The van der Waals surface area contributed by atoms with Gasteiger partial charge >= 0.3 is 0 Å². The highest BCUT2D eigenvalue weighted by molar-refractivity contribution is 6.35. The lowest BCUT2D eigenvalue weighted by molar-refractivity contribution is 0.103. The molecule has 0 aliphatic heterocycles. The Hall–Kier alpha value is -1.51. The fraction of sp³-hybridized carbons (Fsp3) is 0.133. The van der Waals surface area contributed by atoms with Crippen molar-refractivity contribution in [2.24, 2.45) is 0 Å². The standard InChI is InChI=1S/C15H12Cl2O2/c1-9-7-10(3-6-13(9)16)15(18)12-5-4-11(19-2)8-14(12)17/h3-8H,1-2H3. The second-order valence-electron chi connectivity index (χ2n) is 4.14. The maximum absolute atomic E-state index is 12.4. The van der Waals surface area contributed by atoms with Crippen molar-refractivity contribution in [3.8, 4) is 5.75 Å². The monoisotopic (exact) mass is 294 g/mol. The second kappa shape index (κ2) is 5.64. The van der Waals surface area contributed by atoms with Gasteiger partial charge in [0.25, 0.3) is 0 Å². The highest BCUT2D eigenvalue weighted by atomic mass is 35.5. The minimum Gasteiger partial charge on any atom is -0.497 e. The Bertz CT molecular complexity index is 636. The SMILES string of the molecule is COc1ccc(C(=O)c2ccc(Cl)c(C)c2)c(Cl)c1. The summed E-state index contributed by atoms with van der Waals surface area (Å²) in [6.45, 7) is 1.86. The zero-order valence-electron chi connectivity index (χ0n) is 10.5. The molecule has 98 valence electrons. The summed E-state index contributed by atoms with van der Waals surface area (Å²) in [5.41, 5.74) is 1.87. The molecule has 0 bridgehead atoms. The van der Waals surface area contributed by atoms with Crippen LogP contribution in [-0.4, -0.2) is 12.9 Å². The highest BCUT2D eigenvalue weighted by Gasteiger charge is 2.14. The van der Waals surface area contributed by atoms with Crippen molar-refractivity contribution < 1.29 is 9.53 Å². The van der Waals surface area contributed by atoms with Crippen molar-refractivity contribution in [1.82, 2.24) is 0 Å². The van der Waals surface area contributed by atoms with E-state index in [1.54, 1.807) is 43.5 Å². The summed E-state index contributed by atoms with van der Waals surface area (Å²) in [4.78, 5) is 12.4. The van der Waals surface area contributed by atoms with Crippen LogP contribution >= 0.6 is 23.2 Å². The van der Waals surface area contributed by atoms with Gasteiger partial charge in [0, 0.05) is 16.1 Å². The fourth-order valence-corrected chi connectivity index (χ4v) is 2.12. The maximum atomic E-state index is 12.4. The third kappa shape index (κ3) is 2.91. The summed E-state index contributed by atoms with van der Waals surface area (Å²) in [5.74, 6) is 0.487. The second-order valence-corrected chi connectivity index (χ2v) is 4.95. The van der Waals surface area contributed by atoms with Crippen LogP contribution in [0.25, 0.3) is 0 Å². The Labute approximate surface area is 121 Å². The number of halogens is 2. The van der Waals surface area contributed by atoms with Crippen LogP contribution in [0, 0.1) is 6.92 Å². The number of hydrogen-bond acceptors (Lipinski definition) is 2. The van der Waals surface area contributed by atoms with Crippen LogP contribution in [0.2, 0.25) is 10.0 Å². The van der Waals surface area contributed by atoms with Crippen LogP contribution in [0.1, 0.15) is 21.5 Å². The molecule has 0 aliphatic rings. The summed E-state index contributed by atoms with van der Waals surface area (Å²) in [6, 6.07) is 10.2. The summed E-state index contributed by atoms with van der Waals surface area (Å²) < 4.78 is 5.06. The molecule has 4 heteroatoms. The molecule has 2 nitrogen and oxygen atoms in total. The number of carbonyl (C=O) groups is 1. The van der Waals surface area contributed by atoms with E-state index < -0.39 is 0 Å². The molecule has 0 unspecified atom stereocenters. The third-order valence-corrected chi connectivity index (χ3v) is 3.58. The molecule has 2 aromatic rings. The van der Waals surface area contributed by atoms with Gasteiger partial charge in [0.2, 0.25) is 0 Å². The van der Waals surface area contributed by atoms with Gasteiger partial charge in [-0.3, -0.25) is 4.79 Å². The number of hydrogen-bond donors (Lipinski definition) is 0. The van der Waals surface area contributed by atoms with Crippen molar-refractivity contribution >= 4 is 29.0 Å². The predicted octanol–water partition coefficient (Wildman–Crippen LogP) is 4.54. The largest absolute Gasteiger partial charge is 0.497 e. The first-order chi connectivity index (χ1) is 9.02. The molecule has 2 aromatic carbocycles. The molecule has 0 aromatic heterocycles. The van der Waals surface area contributed by atoms with E-state index in [2.05, 4.69) is 0 Å². The number of carbonyl (C=O) groups excluding carboxylic acids is 1. The molecule has 2 rings (SSSR count). The molecule has 0 heterocycles. The van der Waals surface area contributed by atoms with E-state index in [0.29, 0.717) is 26.9 Å². The topological polar surface area (TPSA) is 26.3 Å². The Kier molecular flexibility index (Phi) is 4.13. The molecule has 0 saturated heterocycles. The summed E-state index contributed by atoms with van der Waals surface area (Å²) in [5, 5.41) is 1.01. The average Bonchev–Trinajstić information content (AvgIpc) is 2.41. The molecule has 0 N–H and O–H groups in total. The van der Waals surface area contributed by atoms with E-state index in [0.717, 1.165) is 5.56 Å². The first-order valence-electron chi connectivity index (χ1n) is 5.67. The zero-order chi connectivity index (χ0) is 14.0. The van der Waals surface area contributed by atoms with Gasteiger partial charge < -0.3 is 4.74 Å². The van der Waals surface area contributed by atoms with Gasteiger partial charge in [-0.1, -0.05) is 23.2 Å². The smallest absolute Gasteiger partial charge is 0.194 e. The number of rotatable bonds is 3. The van der Waals surface area contributed by atoms with Crippen LogP contribution in [0.15, 0.2) is 36.4 Å². The molecular weight excluding hydrogens is 283 g/mol. The Morgan fingerprint density at radius 2 is 1.79 bits per heavy atom. The minimum atomic E-state index is -0.132. The Morgan fingerprint density at radius 1 is 1.05 bits per heavy atom. The van der Waals surface area contributed by atoms with E-state index >= 15 is 0 Å². The highest BCUT2D eigenvalue weighted by Crippen LogP contribution is 2.26. The van der Waals surface area contributed by atoms with Crippen LogP contribution in [0.4, 0.5) is 0 Å². The van der Waals surface area contributed by atoms with Crippen molar-refractivity contribution in [3.05, 3.63) is 63.1 Å². The first-order valence-corrected chi connectivity index (χ1v) is 6.43. The van der Waals surface area contributed by atoms with E-state index in [1.807, 2.05) is 6.92 Å². The minimum absolute atomic E-state index is 0.132. The van der Waals surface area contributed by atoms with Crippen LogP contribution in [-0.2, 0) is 0 Å². The van der Waals surface area contributed by atoms with Crippen LogP contribution < -0.4 is 4.74 Å². The molecular formula is C15H12Cl2O2. The van der Waals surface area contributed by atoms with Gasteiger partial charge in [0.1, 0.15) is 5.75 Å². The van der Waals surface area contributed by atoms with Crippen molar-refractivity contribution in [2.75, 3.05) is 7.11 Å². The Balaban J connectivity index is 2.41. The summed E-state index contributed by atoms with van der Waals surface area (Å²) in [7, 11) is 1.55. The number of benzene rings is 2. The molecule has 0 amide bonds. The lowest BCUT2D eigenvalue weighted by Gasteiger charge is -2.07. The van der Waals surface area contributed by atoms with E-state index in [9.17, 15) is 4.79 Å². The number of ketones is 1. The van der Waals surface area contributed by atoms with Crippen molar-refractivity contribution in [2.45, 2.75) is 6.92 Å². The van der Waals surface area contributed by atoms with Gasteiger partial charge in [-0.25, -0.2) is 0 Å². The van der Waals surface area contributed by atoms with Crippen LogP contribution in [0.5, 0.6) is 5.75 Å². The lowest BCUT2D eigenvalue weighted by atomic mass is 10.0. The van der Waals surface area contributed by atoms with E-state index in [-0.39, 0.29) is 5.78 Å². The molecule has 0 atom stereocenters. The molecule has 0 radical (unpaired) electrons. The third-order valence-electron chi connectivity index (χ3n) is 2.84. The molecule has 0 aliphatic carbocycles. The fourth-order valence-electron chi connectivity index (χ4n) is 1.75. The van der Waals surface area contributed by atoms with Crippen LogP contribution in [0.3, 0.4) is 0 Å². The number of methoxy groups -OCH3 is 1. The predicted molar refractivity (Wildman–Crippen MR) is 77.6 cm³/mol. The average molecular weight is 295 g/mol. The normalized spacial score (nSPS) is 10.3. The maximum Gasteiger partial charge on any atom is 0.194 e. The van der Waals surface area contributed by atoms with E-state index in [1.165, 1.54) is 0 Å². The van der Waals surface area contributed by atoms with E-state index in [4.69, 9.17) is 27.9 Å². The van der Waals surface area contributed by atoms with Gasteiger partial charge in [0.05, 0.1) is 12.1 Å². The number of aryl methyl sites for hydroxylation is 1.